The van der Waals surface area contributed by atoms with Crippen molar-refractivity contribution in [1.29, 1.82) is 0 Å². The largest absolute Gasteiger partial charge is 0.353 e. The first-order valence-corrected chi connectivity index (χ1v) is 8.14. The van der Waals surface area contributed by atoms with Crippen LogP contribution < -0.4 is 10.9 Å². The highest BCUT2D eigenvalue weighted by atomic mass is 16.2. The first-order valence-electron chi connectivity index (χ1n) is 8.14. The highest BCUT2D eigenvalue weighted by molar-refractivity contribution is 5.81. The van der Waals surface area contributed by atoms with Gasteiger partial charge in [0, 0.05) is 18.0 Å². The van der Waals surface area contributed by atoms with Crippen molar-refractivity contribution in [2.24, 2.45) is 0 Å². The van der Waals surface area contributed by atoms with E-state index in [1.165, 1.54) is 11.1 Å². The van der Waals surface area contributed by atoms with E-state index in [-0.39, 0.29) is 18.0 Å². The van der Waals surface area contributed by atoms with Crippen LogP contribution >= 0.6 is 0 Å². The molecule has 0 spiro atoms. The minimum absolute atomic E-state index is 0.0392. The molecule has 1 aliphatic heterocycles. The molecule has 1 aromatic carbocycles. The Morgan fingerprint density at radius 1 is 1.39 bits per heavy atom. The van der Waals surface area contributed by atoms with E-state index in [1.807, 2.05) is 18.2 Å². The number of carbonyl (C=O) groups excluding carboxylic acids is 1. The van der Waals surface area contributed by atoms with Crippen LogP contribution in [0.5, 0.6) is 0 Å². The van der Waals surface area contributed by atoms with Crippen molar-refractivity contribution in [3.63, 3.8) is 0 Å². The van der Waals surface area contributed by atoms with Gasteiger partial charge in [0.15, 0.2) is 0 Å². The lowest BCUT2D eigenvalue weighted by molar-refractivity contribution is -0.122. The summed E-state index contributed by atoms with van der Waals surface area (Å²) in [6.45, 7) is 4.84. The molecule has 0 bridgehead atoms. The Labute approximate surface area is 135 Å². The molecule has 0 radical (unpaired) electrons. The lowest BCUT2D eigenvalue weighted by atomic mass is 10.2. The van der Waals surface area contributed by atoms with Gasteiger partial charge < -0.3 is 5.32 Å². The lowest BCUT2D eigenvalue weighted by Crippen LogP contribution is -2.42. The van der Waals surface area contributed by atoms with Crippen LogP contribution in [0.1, 0.15) is 19.8 Å². The summed E-state index contributed by atoms with van der Waals surface area (Å²) in [6.07, 6.45) is 3.92. The molecule has 1 aliphatic rings. The van der Waals surface area contributed by atoms with Crippen LogP contribution in [0.25, 0.3) is 10.8 Å². The number of nitrogens with zero attached hydrogens (tertiary/aromatic N) is 3. The van der Waals surface area contributed by atoms with Gasteiger partial charge in [-0.1, -0.05) is 25.1 Å². The zero-order valence-corrected chi connectivity index (χ0v) is 13.4. The third-order valence-electron chi connectivity index (χ3n) is 4.50. The van der Waals surface area contributed by atoms with E-state index in [0.29, 0.717) is 18.0 Å². The third kappa shape index (κ3) is 3.42. The van der Waals surface area contributed by atoms with E-state index < -0.39 is 0 Å². The molecule has 1 N–H and O–H groups in total. The van der Waals surface area contributed by atoms with Gasteiger partial charge in [0.1, 0.15) is 6.54 Å². The summed E-state index contributed by atoms with van der Waals surface area (Å²) in [6, 6.07) is 7.68. The number of fused-ring (bicyclic) bond motifs is 1. The summed E-state index contributed by atoms with van der Waals surface area (Å²) in [5.41, 5.74) is -0.227. The van der Waals surface area contributed by atoms with Gasteiger partial charge in [0.25, 0.3) is 5.56 Å². The van der Waals surface area contributed by atoms with Gasteiger partial charge in [-0.3, -0.25) is 14.5 Å². The fraction of sp³-hybridized carbons (Fsp3) is 0.471. The summed E-state index contributed by atoms with van der Waals surface area (Å²) in [5.74, 6) is -0.169. The molecule has 0 saturated carbocycles. The first-order chi connectivity index (χ1) is 11.2. The second-order valence-corrected chi connectivity index (χ2v) is 5.92. The number of amides is 1. The Kier molecular flexibility index (Phi) is 4.71. The topological polar surface area (TPSA) is 67.2 Å². The number of nitrogens with one attached hydrogen (secondary N) is 1. The SMILES string of the molecule is CCN1CCC[C@H]1CNC(=O)Cn1ncc2ccccc2c1=O. The van der Waals surface area contributed by atoms with Crippen molar-refractivity contribution in [3.8, 4) is 0 Å². The number of hydrogen-bond acceptors (Lipinski definition) is 4. The lowest BCUT2D eigenvalue weighted by Gasteiger charge is -2.22. The molecule has 23 heavy (non-hydrogen) atoms. The molecule has 2 aromatic rings. The molecule has 1 saturated heterocycles. The molecule has 0 unspecified atom stereocenters. The Hall–Kier alpha value is -2.21. The average Bonchev–Trinajstić information content (AvgIpc) is 3.03. The number of hydrogen-bond donors (Lipinski definition) is 1. The molecule has 1 atom stereocenters. The van der Waals surface area contributed by atoms with Crippen molar-refractivity contribution in [2.75, 3.05) is 19.6 Å². The monoisotopic (exact) mass is 314 g/mol. The maximum Gasteiger partial charge on any atom is 0.275 e. The summed E-state index contributed by atoms with van der Waals surface area (Å²) in [4.78, 5) is 26.8. The number of benzene rings is 1. The van der Waals surface area contributed by atoms with Crippen LogP contribution in [0.3, 0.4) is 0 Å². The van der Waals surface area contributed by atoms with E-state index in [0.717, 1.165) is 24.9 Å². The van der Waals surface area contributed by atoms with E-state index in [1.54, 1.807) is 12.3 Å². The van der Waals surface area contributed by atoms with Crippen LogP contribution in [0.2, 0.25) is 0 Å². The standard InChI is InChI=1S/C17H22N4O2/c1-2-20-9-5-7-14(20)11-18-16(22)12-21-17(23)15-8-4-3-6-13(15)10-19-21/h3-4,6,8,10,14H,2,5,7,9,11-12H2,1H3,(H,18,22)/t14-/m0/s1. The Morgan fingerprint density at radius 2 is 2.22 bits per heavy atom. The quantitative estimate of drug-likeness (QED) is 0.894. The first kappa shape index (κ1) is 15.7. The van der Waals surface area contributed by atoms with Crippen molar-refractivity contribution >= 4 is 16.7 Å². The zero-order chi connectivity index (χ0) is 16.2. The molecule has 6 heteroatoms. The average molecular weight is 314 g/mol. The molecule has 0 aliphatic carbocycles. The summed E-state index contributed by atoms with van der Waals surface area (Å²) >= 11 is 0. The zero-order valence-electron chi connectivity index (χ0n) is 13.4. The van der Waals surface area contributed by atoms with Crippen LogP contribution in [-0.4, -0.2) is 46.3 Å². The van der Waals surface area contributed by atoms with Crippen LogP contribution in [0.15, 0.2) is 35.3 Å². The predicted molar refractivity (Wildman–Crippen MR) is 89.3 cm³/mol. The molecule has 122 valence electrons. The fourth-order valence-electron chi connectivity index (χ4n) is 3.21. The minimum Gasteiger partial charge on any atom is -0.353 e. The highest BCUT2D eigenvalue weighted by Crippen LogP contribution is 2.15. The summed E-state index contributed by atoms with van der Waals surface area (Å²) in [7, 11) is 0. The fourth-order valence-corrected chi connectivity index (χ4v) is 3.21. The number of likely N-dealkylation sites (tertiary alicyclic amines) is 1. The van der Waals surface area contributed by atoms with Gasteiger partial charge >= 0.3 is 0 Å². The second-order valence-electron chi connectivity index (χ2n) is 5.92. The number of aromatic nitrogens is 2. The maximum absolute atomic E-state index is 12.3. The smallest absolute Gasteiger partial charge is 0.275 e. The molecular formula is C17H22N4O2. The summed E-state index contributed by atoms with van der Waals surface area (Å²) < 4.78 is 1.23. The summed E-state index contributed by atoms with van der Waals surface area (Å²) in [5, 5.41) is 8.40. The minimum atomic E-state index is -0.227. The molecular weight excluding hydrogens is 292 g/mol. The Bertz CT molecular complexity index is 756. The molecule has 1 fully saturated rings. The van der Waals surface area contributed by atoms with E-state index in [9.17, 15) is 9.59 Å². The normalized spacial score (nSPS) is 18.4. The van der Waals surface area contributed by atoms with Gasteiger partial charge in [-0.15, -0.1) is 0 Å². The molecule has 1 amide bonds. The molecule has 3 rings (SSSR count). The number of carbonyl (C=O) groups is 1. The van der Waals surface area contributed by atoms with Crippen LogP contribution in [-0.2, 0) is 11.3 Å². The maximum atomic E-state index is 12.3. The van der Waals surface area contributed by atoms with E-state index >= 15 is 0 Å². The van der Waals surface area contributed by atoms with Crippen molar-refractivity contribution in [1.82, 2.24) is 20.0 Å². The Morgan fingerprint density at radius 3 is 3.04 bits per heavy atom. The van der Waals surface area contributed by atoms with Gasteiger partial charge in [0.05, 0.1) is 11.6 Å². The second kappa shape index (κ2) is 6.91. The molecule has 2 heterocycles. The Balaban J connectivity index is 1.64. The van der Waals surface area contributed by atoms with Crippen LogP contribution in [0.4, 0.5) is 0 Å². The third-order valence-corrected chi connectivity index (χ3v) is 4.50. The van der Waals surface area contributed by atoms with Gasteiger partial charge in [-0.2, -0.15) is 5.10 Å². The number of rotatable bonds is 5. The molecule has 1 aromatic heterocycles. The van der Waals surface area contributed by atoms with Crippen molar-refractivity contribution < 1.29 is 4.79 Å². The number of likely N-dealkylation sites (N-methyl/N-ethyl adjacent to an activating group) is 1. The van der Waals surface area contributed by atoms with E-state index in [2.05, 4.69) is 22.2 Å². The predicted octanol–water partition coefficient (Wildman–Crippen LogP) is 0.997. The van der Waals surface area contributed by atoms with Gasteiger partial charge in [-0.05, 0) is 32.0 Å². The van der Waals surface area contributed by atoms with Crippen LogP contribution in [0, 0.1) is 0 Å². The highest BCUT2D eigenvalue weighted by Gasteiger charge is 2.23. The van der Waals surface area contributed by atoms with E-state index in [4.69, 9.17) is 0 Å². The van der Waals surface area contributed by atoms with Crippen molar-refractivity contribution in [3.05, 3.63) is 40.8 Å². The van der Waals surface area contributed by atoms with Gasteiger partial charge in [-0.25, -0.2) is 4.68 Å². The van der Waals surface area contributed by atoms with Crippen molar-refractivity contribution in [2.45, 2.75) is 32.4 Å². The molecule has 6 nitrogen and oxygen atoms in total. The van der Waals surface area contributed by atoms with Gasteiger partial charge in [0.2, 0.25) is 5.91 Å².